The van der Waals surface area contributed by atoms with Gasteiger partial charge in [0.15, 0.2) is 23.7 Å². The largest absolute Gasteiger partial charge is 0.509 e. The Bertz CT molecular complexity index is 1150. The quantitative estimate of drug-likeness (QED) is 0.463. The molecule has 222 valence electrons. The number of carbonyl (C=O) groups excluding carboxylic acids is 4. The van der Waals surface area contributed by atoms with Gasteiger partial charge in [-0.3, -0.25) is 9.59 Å². The Morgan fingerprint density at radius 3 is 2.42 bits per heavy atom. The van der Waals surface area contributed by atoms with E-state index in [2.05, 4.69) is 0 Å². The average Bonchev–Trinajstić information content (AvgIpc) is 3.10. The van der Waals surface area contributed by atoms with E-state index in [0.29, 0.717) is 0 Å². The summed E-state index contributed by atoms with van der Waals surface area (Å²) in [6, 6.07) is 0. The predicted octanol–water partition coefficient (Wildman–Crippen LogP) is 4.45. The Hall–Kier alpha value is -2.82. The molecule has 40 heavy (non-hydrogen) atoms. The summed E-state index contributed by atoms with van der Waals surface area (Å²) in [7, 11) is 1.07. The topological polar surface area (TPSA) is 125 Å². The molecule has 1 N–H and O–H groups in total. The van der Waals surface area contributed by atoms with Crippen LogP contribution in [-0.2, 0) is 28.5 Å². The number of aliphatic hydroxyl groups is 1. The molecule has 0 saturated heterocycles. The molecule has 0 amide bonds. The first-order chi connectivity index (χ1) is 18.6. The maximum absolute atomic E-state index is 17.4. The Labute approximate surface area is 232 Å². The number of ketones is 2. The Kier molecular flexibility index (Phi) is 7.71. The summed E-state index contributed by atoms with van der Waals surface area (Å²) in [6.45, 7) is 7.66. The maximum Gasteiger partial charge on any atom is 0.509 e. The van der Waals surface area contributed by atoms with Crippen LogP contribution in [0.1, 0.15) is 53.9 Å². The molecule has 9 atom stereocenters. The second kappa shape index (κ2) is 10.2. The number of hydrogen-bond donors (Lipinski definition) is 1. The van der Waals surface area contributed by atoms with Crippen molar-refractivity contribution >= 4 is 23.9 Å². The van der Waals surface area contributed by atoms with Crippen molar-refractivity contribution < 1.29 is 52.0 Å². The zero-order valence-electron chi connectivity index (χ0n) is 23.7. The lowest BCUT2D eigenvalue weighted by atomic mass is 9.44. The third-order valence-corrected chi connectivity index (χ3v) is 9.85. The van der Waals surface area contributed by atoms with Crippen LogP contribution in [0.15, 0.2) is 23.8 Å². The maximum atomic E-state index is 17.4. The van der Waals surface area contributed by atoms with Crippen LogP contribution in [0.25, 0.3) is 0 Å². The lowest BCUT2D eigenvalue weighted by molar-refractivity contribution is -0.225. The summed E-state index contributed by atoms with van der Waals surface area (Å²) in [5.74, 6) is -3.75. The van der Waals surface area contributed by atoms with Crippen molar-refractivity contribution in [1.82, 2.24) is 0 Å². The third kappa shape index (κ3) is 4.18. The molecule has 0 aromatic heterocycles. The summed E-state index contributed by atoms with van der Waals surface area (Å²) in [5.41, 5.74) is -7.35. The molecule has 9 nitrogen and oxygen atoms in total. The molecule has 0 bridgehead atoms. The summed E-state index contributed by atoms with van der Waals surface area (Å²) < 4.78 is 53.6. The summed E-state index contributed by atoms with van der Waals surface area (Å²) in [5, 5.41) is 11.5. The van der Waals surface area contributed by atoms with E-state index < -0.39 is 82.6 Å². The van der Waals surface area contributed by atoms with Gasteiger partial charge in [-0.1, -0.05) is 33.8 Å². The van der Waals surface area contributed by atoms with Gasteiger partial charge in [0.25, 0.3) is 0 Å². The van der Waals surface area contributed by atoms with Crippen molar-refractivity contribution in [3.05, 3.63) is 23.8 Å². The van der Waals surface area contributed by atoms with E-state index in [1.165, 1.54) is 19.1 Å². The zero-order chi connectivity index (χ0) is 29.8. The number of halogens is 2. The first-order valence-corrected chi connectivity index (χ1v) is 13.6. The molecule has 11 heteroatoms. The van der Waals surface area contributed by atoms with E-state index in [4.69, 9.17) is 18.9 Å². The molecule has 3 saturated carbocycles. The summed E-state index contributed by atoms with van der Waals surface area (Å²) >= 11 is 0. The number of fused-ring (bicyclic) bond motifs is 5. The number of carbonyl (C=O) groups is 4. The molecule has 0 aliphatic heterocycles. The first kappa shape index (κ1) is 30.1. The van der Waals surface area contributed by atoms with Crippen LogP contribution in [-0.4, -0.2) is 72.9 Å². The predicted molar refractivity (Wildman–Crippen MR) is 137 cm³/mol. The van der Waals surface area contributed by atoms with Crippen LogP contribution in [0.3, 0.4) is 0 Å². The van der Waals surface area contributed by atoms with Crippen molar-refractivity contribution in [3.8, 4) is 0 Å². The number of allylic oxidation sites excluding steroid dienone is 4. The average molecular weight is 569 g/mol. The molecule has 3 fully saturated rings. The van der Waals surface area contributed by atoms with Crippen molar-refractivity contribution in [2.75, 3.05) is 20.3 Å². The van der Waals surface area contributed by atoms with Gasteiger partial charge in [-0.05, 0) is 55.7 Å². The third-order valence-electron chi connectivity index (χ3n) is 9.85. The second-order valence-electron chi connectivity index (χ2n) is 12.5. The highest BCUT2D eigenvalue weighted by Gasteiger charge is 2.78. The van der Waals surface area contributed by atoms with Gasteiger partial charge in [-0.25, -0.2) is 18.4 Å². The van der Waals surface area contributed by atoms with Crippen molar-refractivity contribution in [3.63, 3.8) is 0 Å². The van der Waals surface area contributed by atoms with Gasteiger partial charge in [0, 0.05) is 22.7 Å². The van der Waals surface area contributed by atoms with Gasteiger partial charge in [-0.2, -0.15) is 0 Å². The molecule has 0 aromatic rings. The standard InChI is InChI=1S/C29H38F2O9/c1-15(2)13-38-25(36)39-14-23(34)29(40-24(35)37-6)16(3)9-18-19-11-21(30)20-10-17(32)7-8-26(20,4)28(19,31)22(33)12-27(18,29)5/h7-8,10,15-16,18-19,21-22,33H,9,11-14H2,1-6H3/t16-,18+,19+,21+,22+,26+,27+,28+,29+/m1/s1. The molecule has 0 unspecified atom stereocenters. The minimum Gasteiger partial charge on any atom is -0.438 e. The van der Waals surface area contributed by atoms with E-state index in [1.807, 2.05) is 13.8 Å². The minimum absolute atomic E-state index is 0.0195. The number of rotatable bonds is 6. The van der Waals surface area contributed by atoms with Crippen molar-refractivity contribution in [1.29, 1.82) is 0 Å². The number of alkyl halides is 2. The van der Waals surface area contributed by atoms with E-state index in [0.717, 1.165) is 13.2 Å². The van der Waals surface area contributed by atoms with Crippen LogP contribution in [0.5, 0.6) is 0 Å². The highest BCUT2D eigenvalue weighted by molar-refractivity contribution is 6.01. The molecular formula is C29H38F2O9. The molecule has 0 aromatic carbocycles. The number of hydrogen-bond acceptors (Lipinski definition) is 9. The Morgan fingerprint density at radius 1 is 1.12 bits per heavy atom. The fourth-order valence-electron chi connectivity index (χ4n) is 8.07. The lowest BCUT2D eigenvalue weighted by Crippen LogP contribution is -2.71. The van der Waals surface area contributed by atoms with Crippen LogP contribution in [0.2, 0.25) is 0 Å². The lowest BCUT2D eigenvalue weighted by Gasteiger charge is -2.63. The van der Waals surface area contributed by atoms with E-state index >= 15 is 8.78 Å². The number of aliphatic hydroxyl groups excluding tert-OH is 1. The molecule has 4 aliphatic rings. The normalized spacial score (nSPS) is 41.8. The van der Waals surface area contributed by atoms with Gasteiger partial charge in [0.1, 0.15) is 6.17 Å². The summed E-state index contributed by atoms with van der Waals surface area (Å²) in [6.07, 6.45) is -2.51. The molecule has 0 radical (unpaired) electrons. The van der Waals surface area contributed by atoms with E-state index in [-0.39, 0.29) is 37.4 Å². The SMILES string of the molecule is COC(=O)O[C@]1(C(=O)COC(=O)OCC(C)C)[C@H](C)C[C@H]2[C@@H]3C[C@H](F)C4=CC(=O)C=C[C@]4(C)[C@@]3(F)[C@@H](O)C[C@@]21C. The second-order valence-corrected chi connectivity index (χ2v) is 12.5. The zero-order valence-corrected chi connectivity index (χ0v) is 23.7. The summed E-state index contributed by atoms with van der Waals surface area (Å²) in [4.78, 5) is 50.6. The Morgan fingerprint density at radius 2 is 1.80 bits per heavy atom. The molecule has 4 rings (SSSR count). The Balaban J connectivity index is 1.75. The van der Waals surface area contributed by atoms with Crippen LogP contribution < -0.4 is 0 Å². The van der Waals surface area contributed by atoms with Crippen LogP contribution >= 0.6 is 0 Å². The first-order valence-electron chi connectivity index (χ1n) is 13.6. The number of methoxy groups -OCH3 is 1. The monoisotopic (exact) mass is 568 g/mol. The van der Waals surface area contributed by atoms with Crippen LogP contribution in [0, 0.1) is 34.5 Å². The fourth-order valence-corrected chi connectivity index (χ4v) is 8.07. The van der Waals surface area contributed by atoms with E-state index in [9.17, 15) is 24.3 Å². The van der Waals surface area contributed by atoms with Gasteiger partial charge < -0.3 is 24.1 Å². The molecule has 4 aliphatic carbocycles. The van der Waals surface area contributed by atoms with Gasteiger partial charge in [0.2, 0.25) is 5.78 Å². The highest BCUT2D eigenvalue weighted by atomic mass is 19.1. The highest BCUT2D eigenvalue weighted by Crippen LogP contribution is 2.71. The van der Waals surface area contributed by atoms with Gasteiger partial charge in [0.05, 0.1) is 19.8 Å². The number of ether oxygens (including phenoxy) is 4. The smallest absolute Gasteiger partial charge is 0.438 e. The van der Waals surface area contributed by atoms with Crippen molar-refractivity contribution in [2.24, 2.45) is 34.5 Å². The molecular weight excluding hydrogens is 530 g/mol. The molecule has 0 spiro atoms. The molecule has 0 heterocycles. The van der Waals surface area contributed by atoms with Gasteiger partial charge in [-0.15, -0.1) is 0 Å². The van der Waals surface area contributed by atoms with Crippen molar-refractivity contribution in [2.45, 2.75) is 77.4 Å². The van der Waals surface area contributed by atoms with Gasteiger partial charge >= 0.3 is 12.3 Å². The number of Topliss-reactive ketones (excluding diaryl/α,β-unsaturated/α-hetero) is 1. The van der Waals surface area contributed by atoms with E-state index in [1.54, 1.807) is 13.8 Å². The van der Waals surface area contributed by atoms with Crippen LogP contribution in [0.4, 0.5) is 18.4 Å². The minimum atomic E-state index is -2.37. The fraction of sp³-hybridized carbons (Fsp3) is 0.724.